The van der Waals surface area contributed by atoms with E-state index in [1.54, 1.807) is 0 Å². The van der Waals surface area contributed by atoms with Crippen molar-refractivity contribution in [3.63, 3.8) is 0 Å². The average Bonchev–Trinajstić information content (AvgIpc) is 1.48. The van der Waals surface area contributed by atoms with E-state index in [-0.39, 0.29) is 0 Å². The first-order chi connectivity index (χ1) is 48.6. The zero-order valence-corrected chi connectivity index (χ0v) is 65.3. The van der Waals surface area contributed by atoms with E-state index in [1.165, 1.54) is 207 Å². The standard InChI is InChI=1S/C90H70S10/c1-51-11-31-61(32-12-51)91-81-76-71-72-74-75-73(71)78(85(95-65-39-19-55(5)20-40-65)83(76)93-63-35-15-53(3)16-36-63)87(97-67-43-23-57(7)24-44-67)89(99-69-47-27-59(9)28-48-69)80(75)90(100-70-49-29-60(10)30-50-70)88(98-68-45-25-58(8)26-46-68)79(74)86(96-66-41-21-56(6)22-42-66)84(94-64-37-17-54(4)18-38-64)77(72)82(81)92-62-33-13-52(2)14-34-62/h11-50H,1-10H3. The largest absolute Gasteiger partial charge is 0.0882 e. The molecule has 16 aromatic carbocycles. The van der Waals surface area contributed by atoms with Crippen LogP contribution in [0.2, 0.25) is 0 Å². The maximum absolute atomic E-state index is 2.36. The summed E-state index contributed by atoms with van der Waals surface area (Å²) in [7, 11) is 0. The molecule has 0 saturated heterocycles. The third kappa shape index (κ3) is 13.6. The van der Waals surface area contributed by atoms with Gasteiger partial charge in [-0.3, -0.25) is 0 Å². The normalized spacial score (nSPS) is 11.9. The van der Waals surface area contributed by atoms with Crippen LogP contribution in [0.25, 0.3) is 53.9 Å². The first-order valence-electron chi connectivity index (χ1n) is 33.5. The molecule has 100 heavy (non-hydrogen) atoms. The zero-order valence-electron chi connectivity index (χ0n) is 57.2. The minimum absolute atomic E-state index is 1.20. The summed E-state index contributed by atoms with van der Waals surface area (Å²) in [6, 6.07) is 93.1. The molecule has 0 unspecified atom stereocenters. The summed E-state index contributed by atoms with van der Waals surface area (Å²) in [6.07, 6.45) is 0. The van der Waals surface area contributed by atoms with Crippen LogP contribution < -0.4 is 0 Å². The van der Waals surface area contributed by atoms with E-state index < -0.39 is 0 Å². The van der Waals surface area contributed by atoms with Crippen molar-refractivity contribution in [1.82, 2.24) is 0 Å². The average molecular weight is 1470 g/mol. The third-order valence-corrected chi connectivity index (χ3v) is 30.1. The lowest BCUT2D eigenvalue weighted by Crippen LogP contribution is -1.97. The van der Waals surface area contributed by atoms with Gasteiger partial charge in [0.1, 0.15) is 0 Å². The molecule has 0 radical (unpaired) electrons. The molecule has 0 atom stereocenters. The molecule has 0 fully saturated rings. The molecular weight excluding hydrogens is 1400 g/mol. The molecule has 0 spiro atoms. The lowest BCUT2D eigenvalue weighted by Gasteiger charge is -2.25. The van der Waals surface area contributed by atoms with Gasteiger partial charge < -0.3 is 0 Å². The summed E-state index contributed by atoms with van der Waals surface area (Å²) in [6.45, 7) is 22.1. The lowest BCUT2D eigenvalue weighted by molar-refractivity contribution is 1.21. The van der Waals surface area contributed by atoms with Crippen LogP contribution in [0.3, 0.4) is 0 Å². The molecule has 0 aliphatic rings. The predicted molar refractivity (Wildman–Crippen MR) is 441 cm³/mol. The Morgan fingerprint density at radius 3 is 0.270 bits per heavy atom. The van der Waals surface area contributed by atoms with Crippen molar-refractivity contribution in [3.05, 3.63) is 298 Å². The summed E-state index contributed by atoms with van der Waals surface area (Å²) in [5.41, 5.74) is 12.4. The number of hydrogen-bond acceptors (Lipinski definition) is 10. The maximum atomic E-state index is 2.36. The first-order valence-corrected chi connectivity index (χ1v) is 41.7. The molecule has 0 heterocycles. The molecule has 16 rings (SSSR count). The van der Waals surface area contributed by atoms with Crippen LogP contribution in [0.15, 0.2) is 341 Å². The van der Waals surface area contributed by atoms with Gasteiger partial charge in [0.05, 0.1) is 0 Å². The Balaban J connectivity index is 1.24. The van der Waals surface area contributed by atoms with Crippen molar-refractivity contribution in [2.45, 2.75) is 167 Å². The SMILES string of the molecule is Cc1ccc(Sc2c(Sc3ccc(C)cc3)c3c(Sc4ccc(C)cc4)c(Sc4ccc(C)cc4)c4c(Sc5ccc(C)cc5)c(Sc5ccc(C)cc5)c5c(Sc6ccc(C)cc6)c(Sc6ccc(C)cc6)c6c(Sc7ccc(C)cc7)c(Sc7ccc(C)cc7)c2c2c3c4c5c62)cc1. The Bertz CT molecular complexity index is 4500. The third-order valence-electron chi connectivity index (χ3n) is 18.2. The molecule has 10 heteroatoms. The van der Waals surface area contributed by atoms with Crippen molar-refractivity contribution in [2.75, 3.05) is 0 Å². The van der Waals surface area contributed by atoms with E-state index in [0.29, 0.717) is 0 Å². The fourth-order valence-electron chi connectivity index (χ4n) is 12.9. The molecule has 0 aromatic heterocycles. The summed E-state index contributed by atoms with van der Waals surface area (Å²) >= 11 is 19.5. The fraction of sp³-hybridized carbons (Fsp3) is 0.111. The highest BCUT2D eigenvalue weighted by atomic mass is 32.2. The Hall–Kier alpha value is -6.90. The summed E-state index contributed by atoms with van der Waals surface area (Å²) < 4.78 is 0. The highest BCUT2D eigenvalue weighted by molar-refractivity contribution is 8.05. The van der Waals surface area contributed by atoms with Gasteiger partial charge in [0.2, 0.25) is 0 Å². The van der Waals surface area contributed by atoms with Crippen LogP contribution in [0, 0.1) is 69.2 Å². The summed E-state index contributed by atoms with van der Waals surface area (Å²) in [4.78, 5) is 24.7. The Morgan fingerprint density at radius 2 is 0.190 bits per heavy atom. The number of hydrogen-bond donors (Lipinski definition) is 0. The number of benzene rings is 15. The van der Waals surface area contributed by atoms with E-state index in [0.717, 1.165) is 0 Å². The minimum atomic E-state index is 1.20. The Morgan fingerprint density at radius 1 is 0.110 bits per heavy atom. The van der Waals surface area contributed by atoms with E-state index in [4.69, 9.17) is 0 Å². The molecular formula is C90H70S10. The smallest absolute Gasteiger partial charge is 0.0359 e. The molecule has 0 saturated carbocycles. The van der Waals surface area contributed by atoms with Gasteiger partial charge in [0, 0.05) is 152 Å². The van der Waals surface area contributed by atoms with Crippen LogP contribution in [0.5, 0.6) is 0 Å². The van der Waals surface area contributed by atoms with E-state index in [1.807, 2.05) is 118 Å². The molecule has 16 aromatic rings. The van der Waals surface area contributed by atoms with E-state index in [2.05, 4.69) is 312 Å². The molecule has 0 nitrogen and oxygen atoms in total. The molecule has 0 amide bonds. The minimum Gasteiger partial charge on any atom is -0.0882 e. The van der Waals surface area contributed by atoms with Gasteiger partial charge >= 0.3 is 0 Å². The van der Waals surface area contributed by atoms with Gasteiger partial charge in [-0.05, 0) is 191 Å². The van der Waals surface area contributed by atoms with Crippen LogP contribution in [0.4, 0.5) is 0 Å². The van der Waals surface area contributed by atoms with Crippen LogP contribution >= 0.6 is 118 Å². The molecule has 0 aliphatic carbocycles. The number of rotatable bonds is 20. The van der Waals surface area contributed by atoms with E-state index >= 15 is 0 Å². The quantitative estimate of drug-likeness (QED) is 0.0674. The summed E-state index contributed by atoms with van der Waals surface area (Å²) in [5.74, 6) is 0. The van der Waals surface area contributed by atoms with Crippen molar-refractivity contribution in [3.8, 4) is 0 Å². The Kier molecular flexibility index (Phi) is 19.4. The van der Waals surface area contributed by atoms with Gasteiger partial charge in [0.15, 0.2) is 0 Å². The van der Waals surface area contributed by atoms with Gasteiger partial charge in [-0.25, -0.2) is 0 Å². The van der Waals surface area contributed by atoms with Crippen molar-refractivity contribution in [1.29, 1.82) is 0 Å². The van der Waals surface area contributed by atoms with Gasteiger partial charge in [-0.1, -0.05) is 295 Å². The topological polar surface area (TPSA) is 0 Å². The van der Waals surface area contributed by atoms with Crippen molar-refractivity contribution >= 4 is 171 Å². The molecule has 0 aliphatic heterocycles. The second-order valence-corrected chi connectivity index (χ2v) is 37.0. The van der Waals surface area contributed by atoms with Gasteiger partial charge in [-0.2, -0.15) is 0 Å². The second kappa shape index (κ2) is 28.7. The molecule has 490 valence electrons. The Labute approximate surface area is 630 Å². The van der Waals surface area contributed by atoms with Gasteiger partial charge in [-0.15, -0.1) is 0 Å². The highest BCUT2D eigenvalue weighted by Crippen LogP contribution is 2.69. The summed E-state index contributed by atoms with van der Waals surface area (Å²) in [5, 5.41) is 13.2. The second-order valence-electron chi connectivity index (χ2n) is 26.2. The maximum Gasteiger partial charge on any atom is 0.0359 e. The fourth-order valence-corrected chi connectivity index (χ4v) is 24.5. The predicted octanol–water partition coefficient (Wildman–Crippen LogP) is 30.4. The van der Waals surface area contributed by atoms with Crippen molar-refractivity contribution < 1.29 is 0 Å². The van der Waals surface area contributed by atoms with Crippen LogP contribution in [0.1, 0.15) is 55.6 Å². The lowest BCUT2D eigenvalue weighted by atomic mass is 9.99. The van der Waals surface area contributed by atoms with Crippen LogP contribution in [-0.4, -0.2) is 0 Å². The molecule has 0 bridgehead atoms. The van der Waals surface area contributed by atoms with E-state index in [9.17, 15) is 0 Å². The highest BCUT2D eigenvalue weighted by Gasteiger charge is 2.39. The van der Waals surface area contributed by atoms with Gasteiger partial charge in [0.25, 0.3) is 0 Å². The first kappa shape index (κ1) is 67.6. The van der Waals surface area contributed by atoms with Crippen LogP contribution in [-0.2, 0) is 0 Å². The monoisotopic (exact) mass is 1470 g/mol. The molecule has 0 N–H and O–H groups in total. The zero-order chi connectivity index (χ0) is 68.4. The van der Waals surface area contributed by atoms with Crippen molar-refractivity contribution in [2.24, 2.45) is 0 Å². The number of aryl methyl sites for hydroxylation is 10.